The molecule has 148 valence electrons. The van der Waals surface area contributed by atoms with Gasteiger partial charge in [0.2, 0.25) is 0 Å². The van der Waals surface area contributed by atoms with Gasteiger partial charge in [-0.25, -0.2) is 9.78 Å². The third-order valence-electron chi connectivity index (χ3n) is 4.05. The number of amides is 1. The van der Waals surface area contributed by atoms with Crippen molar-refractivity contribution in [2.75, 3.05) is 24.4 Å². The third-order valence-corrected chi connectivity index (χ3v) is 4.05. The number of aromatic nitrogens is 1. The number of rotatable bonds is 7. The SMILES string of the molecule is CCOC(=O)c1ccccc1NC(=O)c1ccc(Nc2ccccc2OC)cn1. The average molecular weight is 391 g/mol. The number of carbonyl (C=O) groups excluding carboxylic acids is 2. The molecule has 0 aliphatic heterocycles. The van der Waals surface area contributed by atoms with Gasteiger partial charge in [0.15, 0.2) is 0 Å². The molecule has 0 atom stereocenters. The topological polar surface area (TPSA) is 89.5 Å². The van der Waals surface area contributed by atoms with Crippen molar-refractivity contribution in [1.29, 1.82) is 0 Å². The molecule has 0 fully saturated rings. The number of nitrogens with zero attached hydrogens (tertiary/aromatic N) is 1. The molecule has 1 heterocycles. The van der Waals surface area contributed by atoms with Crippen molar-refractivity contribution in [3.8, 4) is 5.75 Å². The van der Waals surface area contributed by atoms with Crippen molar-refractivity contribution < 1.29 is 19.1 Å². The van der Waals surface area contributed by atoms with Gasteiger partial charge in [0.25, 0.3) is 5.91 Å². The Hall–Kier alpha value is -3.87. The van der Waals surface area contributed by atoms with Crippen LogP contribution in [0.4, 0.5) is 17.1 Å². The van der Waals surface area contributed by atoms with Crippen LogP contribution in [-0.4, -0.2) is 30.6 Å². The number of ether oxygens (including phenoxy) is 2. The van der Waals surface area contributed by atoms with Crippen LogP contribution in [0.1, 0.15) is 27.8 Å². The van der Waals surface area contributed by atoms with E-state index in [1.807, 2.05) is 24.3 Å². The van der Waals surface area contributed by atoms with Gasteiger partial charge in [-0.05, 0) is 43.3 Å². The van der Waals surface area contributed by atoms with Crippen molar-refractivity contribution in [3.05, 3.63) is 78.1 Å². The van der Waals surface area contributed by atoms with E-state index in [1.165, 1.54) is 0 Å². The van der Waals surface area contributed by atoms with Crippen LogP contribution in [-0.2, 0) is 4.74 Å². The highest BCUT2D eigenvalue weighted by Gasteiger charge is 2.15. The van der Waals surface area contributed by atoms with E-state index in [9.17, 15) is 9.59 Å². The molecule has 7 heteroatoms. The number of esters is 1. The number of anilines is 3. The van der Waals surface area contributed by atoms with Crippen molar-refractivity contribution >= 4 is 28.9 Å². The minimum atomic E-state index is -0.493. The maximum absolute atomic E-state index is 12.6. The first-order valence-electron chi connectivity index (χ1n) is 9.06. The van der Waals surface area contributed by atoms with E-state index in [-0.39, 0.29) is 17.9 Å². The first kappa shape index (κ1) is 19.9. The Bertz CT molecular complexity index is 1000. The molecule has 0 saturated carbocycles. The van der Waals surface area contributed by atoms with Crippen LogP contribution in [0.2, 0.25) is 0 Å². The Morgan fingerprint density at radius 2 is 1.69 bits per heavy atom. The molecular formula is C22H21N3O4. The number of methoxy groups -OCH3 is 1. The molecule has 0 bridgehead atoms. The van der Waals surface area contributed by atoms with Gasteiger partial charge in [-0.1, -0.05) is 24.3 Å². The number of carbonyl (C=O) groups is 2. The first-order chi connectivity index (χ1) is 14.1. The van der Waals surface area contributed by atoms with E-state index >= 15 is 0 Å². The molecule has 3 rings (SSSR count). The van der Waals surface area contributed by atoms with Crippen molar-refractivity contribution in [2.45, 2.75) is 6.92 Å². The minimum Gasteiger partial charge on any atom is -0.495 e. The summed E-state index contributed by atoms with van der Waals surface area (Å²) in [4.78, 5) is 28.8. The normalized spacial score (nSPS) is 10.1. The Morgan fingerprint density at radius 1 is 0.966 bits per heavy atom. The summed E-state index contributed by atoms with van der Waals surface area (Å²) in [5.74, 6) is -0.219. The van der Waals surface area contributed by atoms with E-state index in [4.69, 9.17) is 9.47 Å². The predicted octanol–water partition coefficient (Wildman–Crippen LogP) is 4.26. The van der Waals surface area contributed by atoms with Crippen LogP contribution in [0.15, 0.2) is 66.9 Å². The summed E-state index contributed by atoms with van der Waals surface area (Å²) in [6, 6.07) is 17.5. The fourth-order valence-electron chi connectivity index (χ4n) is 2.67. The summed E-state index contributed by atoms with van der Waals surface area (Å²) in [5, 5.41) is 5.91. The maximum atomic E-state index is 12.6. The molecule has 0 saturated heterocycles. The van der Waals surface area contributed by atoms with Crippen molar-refractivity contribution in [1.82, 2.24) is 4.98 Å². The van der Waals surface area contributed by atoms with E-state index in [2.05, 4.69) is 15.6 Å². The van der Waals surface area contributed by atoms with Crippen molar-refractivity contribution in [3.63, 3.8) is 0 Å². The molecule has 3 aromatic rings. The summed E-state index contributed by atoms with van der Waals surface area (Å²) in [6.07, 6.45) is 1.55. The number of benzene rings is 2. The Morgan fingerprint density at radius 3 is 2.38 bits per heavy atom. The lowest BCUT2D eigenvalue weighted by molar-refractivity contribution is 0.0527. The zero-order valence-electron chi connectivity index (χ0n) is 16.1. The number of hydrogen-bond acceptors (Lipinski definition) is 6. The van der Waals surface area contributed by atoms with Gasteiger partial charge in [0.05, 0.1) is 42.5 Å². The van der Waals surface area contributed by atoms with E-state index in [1.54, 1.807) is 56.6 Å². The summed E-state index contributed by atoms with van der Waals surface area (Å²) >= 11 is 0. The number of pyridine rings is 1. The first-order valence-corrected chi connectivity index (χ1v) is 9.06. The van der Waals surface area contributed by atoms with Gasteiger partial charge in [0, 0.05) is 0 Å². The molecule has 0 unspecified atom stereocenters. The lowest BCUT2D eigenvalue weighted by Gasteiger charge is -2.12. The highest BCUT2D eigenvalue weighted by molar-refractivity contribution is 6.07. The molecule has 0 aliphatic rings. The highest BCUT2D eigenvalue weighted by Crippen LogP contribution is 2.26. The smallest absolute Gasteiger partial charge is 0.340 e. The molecule has 1 aromatic heterocycles. The minimum absolute atomic E-state index is 0.217. The summed E-state index contributed by atoms with van der Waals surface area (Å²) in [5.41, 5.74) is 2.37. The molecule has 7 nitrogen and oxygen atoms in total. The Kier molecular flexibility index (Phi) is 6.42. The fourth-order valence-corrected chi connectivity index (χ4v) is 2.67. The van der Waals surface area contributed by atoms with Crippen LogP contribution in [0.5, 0.6) is 5.75 Å². The van der Waals surface area contributed by atoms with Gasteiger partial charge in [-0.15, -0.1) is 0 Å². The summed E-state index contributed by atoms with van der Waals surface area (Å²) < 4.78 is 10.3. The highest BCUT2D eigenvalue weighted by atomic mass is 16.5. The molecular weight excluding hydrogens is 370 g/mol. The second-order valence-electron chi connectivity index (χ2n) is 5.98. The second-order valence-corrected chi connectivity index (χ2v) is 5.98. The zero-order valence-corrected chi connectivity index (χ0v) is 16.1. The van der Waals surface area contributed by atoms with Gasteiger partial charge < -0.3 is 20.1 Å². The van der Waals surface area contributed by atoms with Crippen LogP contribution >= 0.6 is 0 Å². The summed E-state index contributed by atoms with van der Waals surface area (Å²) in [6.45, 7) is 1.98. The molecule has 2 aromatic carbocycles. The Balaban J connectivity index is 1.72. The van der Waals surface area contributed by atoms with Crippen molar-refractivity contribution in [2.24, 2.45) is 0 Å². The van der Waals surface area contributed by atoms with Crippen LogP contribution in [0, 0.1) is 0 Å². The monoisotopic (exact) mass is 391 g/mol. The van der Waals surface area contributed by atoms with Gasteiger partial charge in [0.1, 0.15) is 11.4 Å². The molecule has 2 N–H and O–H groups in total. The number of para-hydroxylation sites is 3. The van der Waals surface area contributed by atoms with Gasteiger partial charge >= 0.3 is 5.97 Å². The number of nitrogens with one attached hydrogen (secondary N) is 2. The van der Waals surface area contributed by atoms with Crippen LogP contribution in [0.25, 0.3) is 0 Å². The summed E-state index contributed by atoms with van der Waals surface area (Å²) in [7, 11) is 1.60. The lowest BCUT2D eigenvalue weighted by atomic mass is 10.1. The number of hydrogen-bond donors (Lipinski definition) is 2. The fraction of sp³-hybridized carbons (Fsp3) is 0.136. The molecule has 29 heavy (non-hydrogen) atoms. The predicted molar refractivity (Wildman–Crippen MR) is 111 cm³/mol. The molecule has 0 aliphatic carbocycles. The maximum Gasteiger partial charge on any atom is 0.340 e. The van der Waals surface area contributed by atoms with Crippen LogP contribution < -0.4 is 15.4 Å². The quantitative estimate of drug-likeness (QED) is 0.585. The standard InChI is InChI=1S/C22H21N3O4/c1-3-29-22(27)16-8-4-5-9-17(16)25-21(26)19-13-12-15(14-23-19)24-18-10-6-7-11-20(18)28-2/h4-14,24H,3H2,1-2H3,(H,25,26). The largest absolute Gasteiger partial charge is 0.495 e. The Labute approximate surface area is 168 Å². The van der Waals surface area contributed by atoms with E-state index < -0.39 is 11.9 Å². The lowest BCUT2D eigenvalue weighted by Crippen LogP contribution is -2.17. The van der Waals surface area contributed by atoms with E-state index in [0.29, 0.717) is 17.1 Å². The second kappa shape index (κ2) is 9.36. The average Bonchev–Trinajstić information content (AvgIpc) is 2.75. The van der Waals surface area contributed by atoms with Gasteiger partial charge in [-0.3, -0.25) is 4.79 Å². The van der Waals surface area contributed by atoms with E-state index in [0.717, 1.165) is 5.69 Å². The van der Waals surface area contributed by atoms with Crippen LogP contribution in [0.3, 0.4) is 0 Å². The third kappa shape index (κ3) is 4.90. The molecule has 1 amide bonds. The molecule has 0 spiro atoms. The van der Waals surface area contributed by atoms with Gasteiger partial charge in [-0.2, -0.15) is 0 Å². The molecule has 0 radical (unpaired) electrons. The zero-order chi connectivity index (χ0) is 20.6.